The Morgan fingerprint density at radius 3 is 2.52 bits per heavy atom. The van der Waals surface area contributed by atoms with Crippen molar-refractivity contribution in [3.63, 3.8) is 0 Å². The Morgan fingerprint density at radius 2 is 2.00 bits per heavy atom. The number of anilines is 1. The molecule has 5 nitrogen and oxygen atoms in total. The Kier molecular flexibility index (Phi) is 11.3. The number of benzene rings is 2. The van der Waals surface area contributed by atoms with E-state index < -0.39 is 12.0 Å². The van der Waals surface area contributed by atoms with Crippen molar-refractivity contribution >= 4 is 23.6 Å². The normalized spacial score (nSPS) is 11.8. The number of hydrogen-bond acceptors (Lipinski definition) is 3. The molecule has 0 saturated heterocycles. The summed E-state index contributed by atoms with van der Waals surface area (Å²) in [6.07, 6.45) is 3.30. The maximum absolute atomic E-state index is 12.9. The number of hydrogen-bond donors (Lipinski definition) is 0. The summed E-state index contributed by atoms with van der Waals surface area (Å²) < 4.78 is 18.5. The zero-order valence-electron chi connectivity index (χ0n) is 16.6. The molecule has 0 aromatic heterocycles. The third-order valence-electron chi connectivity index (χ3n) is 3.79. The Balaban J connectivity index is 0.00000450. The second-order valence-electron chi connectivity index (χ2n) is 5.88. The summed E-state index contributed by atoms with van der Waals surface area (Å²) in [5.74, 6) is -0.513. The Labute approximate surface area is 186 Å². The Morgan fingerprint density at radius 1 is 1.32 bits per heavy atom. The molecular formula is C23H19CmFMnN2O3. The predicted molar refractivity (Wildman–Crippen MR) is 111 cm³/mol. The molecule has 31 heavy (non-hydrogen) atoms. The average Bonchev–Trinajstić information content (AvgIpc) is 2.73. The number of amides is 1. The standard InChI is InChI=1S/C23H19FN2O3.Cm.Mn/c1-17(24)9-14-22(25-3)19-10-12-21(13-11-19)29-18(2)23(28)26(15-16-27)20-7-5-4-6-8-20;;/h3-7,9-14,18H,2,15H2,1H3;;/q-2;;+2/b17-9+,22-14-;;. The Hall–Kier alpha value is -4.20. The van der Waals surface area contributed by atoms with Crippen LogP contribution in [0.3, 0.4) is 0 Å². The zero-order chi connectivity index (χ0) is 21.2. The summed E-state index contributed by atoms with van der Waals surface area (Å²) in [7, 11) is 0. The number of carbonyl (C=O) groups excluding carboxylic acids is 2. The molecule has 0 aliphatic heterocycles. The van der Waals surface area contributed by atoms with Gasteiger partial charge in [0, 0.05) is 6.08 Å². The molecule has 1 atom stereocenters. The van der Waals surface area contributed by atoms with E-state index in [1.807, 2.05) is 0 Å². The van der Waals surface area contributed by atoms with Crippen LogP contribution in [0.25, 0.3) is 10.5 Å². The van der Waals surface area contributed by atoms with Gasteiger partial charge in [-0.25, -0.2) is 10.7 Å². The molecule has 2 rings (SSSR count). The van der Waals surface area contributed by atoms with E-state index in [0.717, 1.165) is 0 Å². The van der Waals surface area contributed by atoms with E-state index in [1.165, 1.54) is 24.0 Å². The van der Waals surface area contributed by atoms with Gasteiger partial charge in [0.05, 0.1) is 17.5 Å². The first-order chi connectivity index (χ1) is 14.0. The molecule has 1 amide bonds. The minimum Gasteiger partial charge on any atom is -0.540 e. The summed E-state index contributed by atoms with van der Waals surface area (Å²) in [6.45, 7) is 10.1. The number of carbonyl (C=O) groups is 1. The van der Waals surface area contributed by atoms with Gasteiger partial charge in [0.25, 0.3) is 6.57 Å². The fourth-order valence-electron chi connectivity index (χ4n) is 2.40. The van der Waals surface area contributed by atoms with Crippen LogP contribution in [0.2, 0.25) is 0 Å². The largest absolute Gasteiger partial charge is 2.00 e. The first-order valence-corrected chi connectivity index (χ1v) is 8.64. The van der Waals surface area contributed by atoms with Crippen molar-refractivity contribution in [2.45, 2.75) is 13.0 Å². The van der Waals surface area contributed by atoms with Gasteiger partial charge in [-0.3, -0.25) is 11.7 Å². The molecule has 161 valence electrons. The van der Waals surface area contributed by atoms with Crippen LogP contribution in [0, 0.1) is 19.6 Å². The first-order valence-electron chi connectivity index (χ1n) is 8.64. The van der Waals surface area contributed by atoms with Crippen LogP contribution in [-0.4, -0.2) is 24.8 Å². The Bertz CT molecular complexity index is 953. The monoisotopic (exact) mass is 688 g/mol. The summed E-state index contributed by atoms with van der Waals surface area (Å²) in [5, 5.41) is 0. The number of allylic oxidation sites excluding steroid dienone is 3. The third kappa shape index (κ3) is 7.62. The van der Waals surface area contributed by atoms with Crippen LogP contribution in [0.5, 0.6) is 5.75 Å². The van der Waals surface area contributed by atoms with Gasteiger partial charge in [-0.15, -0.1) is 6.07 Å². The molecule has 0 aliphatic rings. The van der Waals surface area contributed by atoms with Crippen molar-refractivity contribution in [1.29, 1.82) is 0 Å². The number of ether oxygens (including phenoxy) is 1. The summed E-state index contributed by atoms with van der Waals surface area (Å²) in [5.41, 5.74) is 1.44. The topological polar surface area (TPSA) is 51.0 Å². The molecule has 8 heteroatoms. The summed E-state index contributed by atoms with van der Waals surface area (Å²) in [4.78, 5) is 28.3. The minimum absolute atomic E-state index is 0. The van der Waals surface area contributed by atoms with Crippen molar-refractivity contribution in [2.24, 2.45) is 0 Å². The van der Waals surface area contributed by atoms with E-state index in [-0.39, 0.29) is 29.4 Å². The van der Waals surface area contributed by atoms with Gasteiger partial charge in [-0.05, 0) is 42.1 Å². The van der Waals surface area contributed by atoms with E-state index in [9.17, 15) is 14.0 Å². The van der Waals surface area contributed by atoms with Gasteiger partial charge in [0.2, 0.25) is 5.91 Å². The summed E-state index contributed by atoms with van der Waals surface area (Å²) >= 11 is 0. The maximum atomic E-state index is 12.9. The van der Waals surface area contributed by atoms with E-state index in [4.69, 9.17) is 11.3 Å². The fourth-order valence-corrected chi connectivity index (χ4v) is 2.40. The number of nitrogens with zero attached hydrogens (tertiary/aromatic N) is 2. The molecule has 0 bridgehead atoms. The molecule has 1 unspecified atom stereocenters. The van der Waals surface area contributed by atoms with E-state index in [2.05, 4.69) is 17.8 Å². The van der Waals surface area contributed by atoms with Crippen molar-refractivity contribution in [3.8, 4) is 12.3 Å². The molecule has 2 aromatic carbocycles. The summed E-state index contributed by atoms with van der Waals surface area (Å²) in [6, 6.07) is 16.2. The number of halogens is 1. The van der Waals surface area contributed by atoms with Crippen LogP contribution in [0.15, 0.2) is 66.5 Å². The quantitative estimate of drug-likeness (QED) is 0.235. The fraction of sp³-hybridized carbons (Fsp3) is 0.130. The van der Waals surface area contributed by atoms with Crippen molar-refractivity contribution < 1.29 is 35.8 Å². The zero-order valence-corrected chi connectivity index (χ0v) is 20.7. The van der Waals surface area contributed by atoms with Gasteiger partial charge in [0.1, 0.15) is 5.75 Å². The SMILES string of the molecule is C#[N+]/C(=C\C=C(/C)F)c1ccc(OC([CH2-])C(=O)N(C[C-]=O)c2[c-]cccc2)cc1.[Cm].[Mn+2]. The molecule has 0 aliphatic carbocycles. The number of para-hydroxylation sites is 1. The van der Waals surface area contributed by atoms with E-state index in [0.29, 0.717) is 22.7 Å². The van der Waals surface area contributed by atoms with Gasteiger partial charge in [-0.2, -0.15) is 24.3 Å². The van der Waals surface area contributed by atoms with Crippen LogP contribution < -0.4 is 9.64 Å². The van der Waals surface area contributed by atoms with E-state index >= 15 is 0 Å². The molecule has 0 fully saturated rings. The first kappa shape index (κ1) is 26.8. The smallest absolute Gasteiger partial charge is 0.540 e. The second-order valence-corrected chi connectivity index (χ2v) is 5.88. The average molecular weight is 692 g/mol. The molecule has 0 heterocycles. The minimum atomic E-state index is -1.10. The van der Waals surface area contributed by atoms with Crippen molar-refractivity contribution in [1.82, 2.24) is 0 Å². The van der Waals surface area contributed by atoms with Gasteiger partial charge < -0.3 is 14.4 Å². The van der Waals surface area contributed by atoms with Gasteiger partial charge in [0.15, 0.2) is 0 Å². The third-order valence-corrected chi connectivity index (χ3v) is 3.79. The van der Waals surface area contributed by atoms with Gasteiger partial charge >= 0.3 is 22.8 Å². The van der Waals surface area contributed by atoms with Crippen LogP contribution in [0.4, 0.5) is 10.1 Å². The molecule has 2 aromatic rings. The number of rotatable bonds is 8. The van der Waals surface area contributed by atoms with Crippen molar-refractivity contribution in [2.75, 3.05) is 11.4 Å². The molecule has 0 N–H and O–H groups in total. The van der Waals surface area contributed by atoms with E-state index in [1.54, 1.807) is 54.8 Å². The predicted octanol–water partition coefficient (Wildman–Crippen LogP) is 4.39. The van der Waals surface area contributed by atoms with Crippen molar-refractivity contribution in [3.05, 3.63) is 89.9 Å². The molecular weight excluding hydrogens is 673 g/mol. The molecule has 0 spiro atoms. The van der Waals surface area contributed by atoms with Crippen LogP contribution in [-0.2, 0) is 26.7 Å². The maximum Gasteiger partial charge on any atom is 2.00 e. The van der Waals surface area contributed by atoms with Crippen LogP contribution in [0.1, 0.15) is 12.5 Å². The van der Waals surface area contributed by atoms with Crippen LogP contribution >= 0.6 is 0 Å². The molecule has 0 saturated carbocycles. The van der Waals surface area contributed by atoms with Gasteiger partial charge in [-0.1, -0.05) is 12.2 Å². The second kappa shape index (κ2) is 13.1. The molecule has 1 radical (unpaired) electrons.